The highest BCUT2D eigenvalue weighted by Crippen LogP contribution is 2.17. The molecule has 1 aromatic rings. The summed E-state index contributed by atoms with van der Waals surface area (Å²) < 4.78 is 26.5. The third kappa shape index (κ3) is 5.79. The number of unbranched alkanes of at least 4 members (excludes halogenated alkanes) is 2. The molecular weight excluding hydrogens is 250 g/mol. The summed E-state index contributed by atoms with van der Waals surface area (Å²) in [5, 5.41) is 5.37. The van der Waals surface area contributed by atoms with E-state index in [2.05, 4.69) is 17.6 Å². The molecule has 0 saturated heterocycles. The Hall–Kier alpha value is -1.49. The molecule has 0 saturated carbocycles. The predicted octanol–water partition coefficient (Wildman–Crippen LogP) is 3.07. The van der Waals surface area contributed by atoms with Gasteiger partial charge in [0.1, 0.15) is 17.3 Å². The molecule has 5 heteroatoms. The van der Waals surface area contributed by atoms with Crippen LogP contribution >= 0.6 is 0 Å². The van der Waals surface area contributed by atoms with E-state index in [1.807, 2.05) is 0 Å². The van der Waals surface area contributed by atoms with Crippen molar-refractivity contribution in [2.75, 3.05) is 18.4 Å². The molecule has 0 aliphatic carbocycles. The molecule has 3 nitrogen and oxygen atoms in total. The first-order valence-corrected chi connectivity index (χ1v) is 6.59. The van der Waals surface area contributed by atoms with Gasteiger partial charge >= 0.3 is 0 Å². The standard InChI is InChI=1S/C14H20F2N2O/c1-2-3-4-9-17-10-8-13(19)18-14-11(15)6-5-7-12(14)16/h5-7,17H,2-4,8-10H2,1H3,(H,18,19). The summed E-state index contributed by atoms with van der Waals surface area (Å²) in [6.45, 7) is 3.48. The van der Waals surface area contributed by atoms with Crippen LogP contribution in [0.1, 0.15) is 32.6 Å². The smallest absolute Gasteiger partial charge is 0.225 e. The van der Waals surface area contributed by atoms with Crippen LogP contribution in [0.5, 0.6) is 0 Å². The number of halogens is 2. The quantitative estimate of drug-likeness (QED) is 0.713. The summed E-state index contributed by atoms with van der Waals surface area (Å²) in [6, 6.07) is 3.49. The zero-order valence-electron chi connectivity index (χ0n) is 11.1. The van der Waals surface area contributed by atoms with E-state index in [1.54, 1.807) is 0 Å². The minimum Gasteiger partial charge on any atom is -0.321 e. The summed E-state index contributed by atoms with van der Waals surface area (Å²) >= 11 is 0. The highest BCUT2D eigenvalue weighted by atomic mass is 19.1. The minimum atomic E-state index is -0.760. The molecule has 0 aliphatic rings. The Morgan fingerprint density at radius 1 is 1.16 bits per heavy atom. The first-order chi connectivity index (χ1) is 9.15. The number of para-hydroxylation sites is 1. The van der Waals surface area contributed by atoms with Crippen LogP contribution in [0.15, 0.2) is 18.2 Å². The molecule has 0 heterocycles. The monoisotopic (exact) mass is 270 g/mol. The fraction of sp³-hybridized carbons (Fsp3) is 0.500. The van der Waals surface area contributed by atoms with Crippen LogP contribution in [0.3, 0.4) is 0 Å². The lowest BCUT2D eigenvalue weighted by atomic mass is 10.2. The molecule has 0 spiro atoms. The van der Waals surface area contributed by atoms with Crippen molar-refractivity contribution in [3.8, 4) is 0 Å². The summed E-state index contributed by atoms with van der Waals surface area (Å²) in [5.74, 6) is -1.92. The largest absolute Gasteiger partial charge is 0.321 e. The molecule has 0 unspecified atom stereocenters. The number of nitrogens with one attached hydrogen (secondary N) is 2. The number of rotatable bonds is 8. The van der Waals surface area contributed by atoms with Crippen molar-refractivity contribution in [3.05, 3.63) is 29.8 Å². The van der Waals surface area contributed by atoms with E-state index >= 15 is 0 Å². The molecule has 0 aromatic heterocycles. The van der Waals surface area contributed by atoms with Gasteiger partial charge in [-0.25, -0.2) is 8.78 Å². The van der Waals surface area contributed by atoms with Crippen LogP contribution in [-0.2, 0) is 4.79 Å². The van der Waals surface area contributed by atoms with Gasteiger partial charge in [-0.05, 0) is 25.1 Å². The Balaban J connectivity index is 2.28. The zero-order valence-corrected chi connectivity index (χ0v) is 11.1. The van der Waals surface area contributed by atoms with E-state index in [0.717, 1.165) is 37.9 Å². The molecule has 2 N–H and O–H groups in total. The van der Waals surface area contributed by atoms with Crippen LogP contribution in [0.25, 0.3) is 0 Å². The predicted molar refractivity (Wildman–Crippen MR) is 72.0 cm³/mol. The highest BCUT2D eigenvalue weighted by Gasteiger charge is 2.11. The van der Waals surface area contributed by atoms with Crippen molar-refractivity contribution >= 4 is 11.6 Å². The van der Waals surface area contributed by atoms with E-state index < -0.39 is 17.5 Å². The lowest BCUT2D eigenvalue weighted by molar-refractivity contribution is -0.116. The van der Waals surface area contributed by atoms with Crippen LogP contribution in [0, 0.1) is 11.6 Å². The minimum absolute atomic E-state index is 0.194. The molecule has 1 rings (SSSR count). The van der Waals surface area contributed by atoms with Crippen LogP contribution in [0.4, 0.5) is 14.5 Å². The topological polar surface area (TPSA) is 41.1 Å². The molecule has 0 radical (unpaired) electrons. The van der Waals surface area contributed by atoms with Crippen molar-refractivity contribution in [2.45, 2.75) is 32.6 Å². The normalized spacial score (nSPS) is 10.5. The average molecular weight is 270 g/mol. The highest BCUT2D eigenvalue weighted by molar-refractivity contribution is 5.91. The molecule has 0 bridgehead atoms. The maximum absolute atomic E-state index is 13.3. The molecule has 19 heavy (non-hydrogen) atoms. The number of hydrogen-bond donors (Lipinski definition) is 2. The molecule has 0 aliphatic heterocycles. The summed E-state index contributed by atoms with van der Waals surface area (Å²) in [6.07, 6.45) is 3.56. The molecule has 1 aromatic carbocycles. The molecular formula is C14H20F2N2O. The van der Waals surface area contributed by atoms with Crippen molar-refractivity contribution in [3.63, 3.8) is 0 Å². The van der Waals surface area contributed by atoms with E-state index in [9.17, 15) is 13.6 Å². The van der Waals surface area contributed by atoms with Gasteiger partial charge < -0.3 is 10.6 Å². The Kier molecular flexibility index (Phi) is 7.03. The van der Waals surface area contributed by atoms with E-state index in [1.165, 1.54) is 6.07 Å². The average Bonchev–Trinajstić information content (AvgIpc) is 2.38. The van der Waals surface area contributed by atoms with Gasteiger partial charge in [0.2, 0.25) is 5.91 Å². The van der Waals surface area contributed by atoms with Gasteiger partial charge in [0.05, 0.1) is 0 Å². The third-order valence-corrected chi connectivity index (χ3v) is 2.71. The summed E-state index contributed by atoms with van der Waals surface area (Å²) in [4.78, 5) is 11.5. The first-order valence-electron chi connectivity index (χ1n) is 6.59. The second-order valence-electron chi connectivity index (χ2n) is 4.35. The van der Waals surface area contributed by atoms with Gasteiger partial charge in [-0.1, -0.05) is 25.8 Å². The van der Waals surface area contributed by atoms with E-state index in [-0.39, 0.29) is 12.1 Å². The second kappa shape index (κ2) is 8.58. The van der Waals surface area contributed by atoms with Crippen molar-refractivity contribution in [2.24, 2.45) is 0 Å². The lowest BCUT2D eigenvalue weighted by Gasteiger charge is -2.08. The Morgan fingerprint density at radius 3 is 2.47 bits per heavy atom. The number of hydrogen-bond acceptors (Lipinski definition) is 2. The van der Waals surface area contributed by atoms with Crippen LogP contribution in [-0.4, -0.2) is 19.0 Å². The fourth-order valence-electron chi connectivity index (χ4n) is 1.65. The molecule has 0 fully saturated rings. The van der Waals surface area contributed by atoms with Crippen molar-refractivity contribution < 1.29 is 13.6 Å². The van der Waals surface area contributed by atoms with Gasteiger partial charge in [0.25, 0.3) is 0 Å². The molecule has 1 amide bonds. The SMILES string of the molecule is CCCCCNCCC(=O)Nc1c(F)cccc1F. The van der Waals surface area contributed by atoms with Crippen LogP contribution in [0.2, 0.25) is 0 Å². The maximum Gasteiger partial charge on any atom is 0.225 e. The fourth-order valence-corrected chi connectivity index (χ4v) is 1.65. The Morgan fingerprint density at radius 2 is 1.84 bits per heavy atom. The second-order valence-corrected chi connectivity index (χ2v) is 4.35. The number of amides is 1. The van der Waals surface area contributed by atoms with Gasteiger partial charge in [0.15, 0.2) is 0 Å². The van der Waals surface area contributed by atoms with E-state index in [4.69, 9.17) is 0 Å². The van der Waals surface area contributed by atoms with Gasteiger partial charge in [-0.3, -0.25) is 4.79 Å². The number of carbonyl (C=O) groups is 1. The Labute approximate surface area is 112 Å². The Bertz CT molecular complexity index is 390. The first kappa shape index (κ1) is 15.6. The van der Waals surface area contributed by atoms with Gasteiger partial charge in [0, 0.05) is 13.0 Å². The zero-order chi connectivity index (χ0) is 14.1. The molecule has 0 atom stereocenters. The maximum atomic E-state index is 13.3. The number of carbonyl (C=O) groups excluding carboxylic acids is 1. The third-order valence-electron chi connectivity index (χ3n) is 2.71. The van der Waals surface area contributed by atoms with Crippen LogP contribution < -0.4 is 10.6 Å². The van der Waals surface area contributed by atoms with Crippen molar-refractivity contribution in [1.29, 1.82) is 0 Å². The number of benzene rings is 1. The number of anilines is 1. The molecule has 106 valence electrons. The van der Waals surface area contributed by atoms with Crippen molar-refractivity contribution in [1.82, 2.24) is 5.32 Å². The lowest BCUT2D eigenvalue weighted by Crippen LogP contribution is -2.23. The van der Waals surface area contributed by atoms with E-state index in [0.29, 0.717) is 6.54 Å². The summed E-state index contributed by atoms with van der Waals surface area (Å²) in [7, 11) is 0. The van der Waals surface area contributed by atoms with Gasteiger partial charge in [-0.2, -0.15) is 0 Å². The summed E-state index contributed by atoms with van der Waals surface area (Å²) in [5.41, 5.74) is -0.376. The van der Waals surface area contributed by atoms with Gasteiger partial charge in [-0.15, -0.1) is 0 Å².